The Kier molecular flexibility index (Phi) is 8.68. The Morgan fingerprint density at radius 1 is 1.00 bits per heavy atom. The first-order valence-electron chi connectivity index (χ1n) is 13.4. The molecule has 1 amide bonds. The van der Waals surface area contributed by atoms with Crippen molar-refractivity contribution < 1.29 is 36.2 Å². The maximum atomic E-state index is 13.3. The van der Waals surface area contributed by atoms with Gasteiger partial charge in [0.15, 0.2) is 0 Å². The summed E-state index contributed by atoms with van der Waals surface area (Å²) >= 11 is 0. The van der Waals surface area contributed by atoms with Crippen LogP contribution in [0.15, 0.2) is 59.5 Å². The van der Waals surface area contributed by atoms with Crippen LogP contribution in [0.5, 0.6) is 5.75 Å². The van der Waals surface area contributed by atoms with Gasteiger partial charge in [-0.05, 0) is 73.3 Å². The molecule has 2 heterocycles. The van der Waals surface area contributed by atoms with Crippen molar-refractivity contribution in [2.75, 3.05) is 32.8 Å². The lowest BCUT2D eigenvalue weighted by Gasteiger charge is -2.34. The quantitative estimate of drug-likeness (QED) is 0.437. The van der Waals surface area contributed by atoms with Gasteiger partial charge in [-0.2, -0.15) is 13.1 Å². The van der Waals surface area contributed by atoms with Gasteiger partial charge in [-0.15, -0.1) is 0 Å². The first-order valence-corrected chi connectivity index (χ1v) is 14.8. The molecule has 8 nitrogen and oxygen atoms in total. The van der Waals surface area contributed by atoms with Crippen molar-refractivity contribution >= 4 is 16.1 Å². The highest BCUT2D eigenvalue weighted by Gasteiger charge is 2.47. The van der Waals surface area contributed by atoms with E-state index in [0.29, 0.717) is 51.6 Å². The monoisotopic (exact) mass is 564 g/mol. The highest BCUT2D eigenvalue weighted by Crippen LogP contribution is 2.42. The maximum absolute atomic E-state index is 13.3. The lowest BCUT2D eigenvalue weighted by atomic mass is 9.98. The zero-order valence-corrected chi connectivity index (χ0v) is 22.5. The van der Waals surface area contributed by atoms with Crippen molar-refractivity contribution in [3.05, 3.63) is 60.2 Å². The summed E-state index contributed by atoms with van der Waals surface area (Å²) in [5.41, 5.74) is 0.926. The van der Waals surface area contributed by atoms with Crippen molar-refractivity contribution in [3.8, 4) is 5.75 Å². The van der Waals surface area contributed by atoms with Crippen LogP contribution < -0.4 is 4.74 Å². The second-order valence-corrected chi connectivity index (χ2v) is 12.5. The van der Waals surface area contributed by atoms with Gasteiger partial charge in [0.25, 0.3) is 0 Å². The Hall–Kier alpha value is -2.76. The van der Waals surface area contributed by atoms with Crippen LogP contribution in [0.25, 0.3) is 0 Å². The van der Waals surface area contributed by atoms with Crippen LogP contribution in [0.4, 0.5) is 13.6 Å². The number of ether oxygens (including phenoxy) is 3. The molecule has 212 valence electrons. The molecule has 0 aromatic heterocycles. The minimum Gasteiger partial charge on any atom is -0.445 e. The van der Waals surface area contributed by atoms with E-state index in [9.17, 15) is 22.0 Å². The Balaban J connectivity index is 1.23. The fourth-order valence-electron chi connectivity index (χ4n) is 6.00. The van der Waals surface area contributed by atoms with Crippen LogP contribution in [0.2, 0.25) is 0 Å². The molecule has 2 saturated heterocycles. The molecular formula is C28H34F2N2O6S. The SMILES string of the molecule is O=C(OCc1ccccc1)N(CC1CCOCC1)[C@@H]1C[C@@H]2CN(S(=O)(=O)c3ccc(OC(F)F)cc3)C[C@@H]2C1. The number of nitrogens with zero attached hydrogens (tertiary/aromatic N) is 2. The van der Waals surface area contributed by atoms with Crippen LogP contribution >= 0.6 is 0 Å². The van der Waals surface area contributed by atoms with Crippen molar-refractivity contribution in [1.29, 1.82) is 0 Å². The number of hydrogen-bond donors (Lipinski definition) is 0. The van der Waals surface area contributed by atoms with Gasteiger partial charge in [-0.3, -0.25) is 0 Å². The van der Waals surface area contributed by atoms with Crippen LogP contribution in [0.3, 0.4) is 0 Å². The number of rotatable bonds is 9. The number of carbonyl (C=O) groups is 1. The molecule has 1 saturated carbocycles. The minimum absolute atomic E-state index is 0.0123. The number of carbonyl (C=O) groups excluding carboxylic acids is 1. The molecular weight excluding hydrogens is 530 g/mol. The summed E-state index contributed by atoms with van der Waals surface area (Å²) in [4.78, 5) is 15.2. The van der Waals surface area contributed by atoms with Crippen LogP contribution in [0.1, 0.15) is 31.2 Å². The Morgan fingerprint density at radius 2 is 1.64 bits per heavy atom. The lowest BCUT2D eigenvalue weighted by Crippen LogP contribution is -2.44. The number of benzene rings is 2. The number of amides is 1. The van der Waals surface area contributed by atoms with Gasteiger partial charge in [0.1, 0.15) is 12.4 Å². The van der Waals surface area contributed by atoms with Gasteiger partial charge in [0.05, 0.1) is 4.90 Å². The zero-order valence-electron chi connectivity index (χ0n) is 21.7. The summed E-state index contributed by atoms with van der Waals surface area (Å²) < 4.78 is 68.4. The zero-order chi connectivity index (χ0) is 27.4. The predicted octanol–water partition coefficient (Wildman–Crippen LogP) is 4.75. The third-order valence-corrected chi connectivity index (χ3v) is 9.90. The smallest absolute Gasteiger partial charge is 0.410 e. The molecule has 0 radical (unpaired) electrons. The maximum Gasteiger partial charge on any atom is 0.410 e. The molecule has 0 unspecified atom stereocenters. The molecule has 5 rings (SSSR count). The van der Waals surface area contributed by atoms with Crippen molar-refractivity contribution in [3.63, 3.8) is 0 Å². The van der Waals surface area contributed by atoms with Gasteiger partial charge in [0.2, 0.25) is 10.0 Å². The second kappa shape index (κ2) is 12.2. The topological polar surface area (TPSA) is 85.4 Å². The molecule has 3 atom stereocenters. The fraction of sp³-hybridized carbons (Fsp3) is 0.536. The van der Waals surface area contributed by atoms with E-state index in [2.05, 4.69) is 4.74 Å². The lowest BCUT2D eigenvalue weighted by molar-refractivity contribution is -0.0498. The molecule has 1 aliphatic carbocycles. The molecule has 2 aromatic rings. The van der Waals surface area contributed by atoms with Crippen LogP contribution in [-0.2, 0) is 26.1 Å². The van der Waals surface area contributed by atoms with E-state index in [-0.39, 0.29) is 41.2 Å². The molecule has 0 N–H and O–H groups in total. The highest BCUT2D eigenvalue weighted by atomic mass is 32.2. The van der Waals surface area contributed by atoms with E-state index in [1.807, 2.05) is 35.2 Å². The number of alkyl halides is 2. The standard InChI is InChI=1S/C28H34F2N2O6S/c29-27(30)38-25-6-8-26(9-7-25)39(34,35)31-17-22-14-24(15-23(22)18-31)32(16-20-10-12-36-13-11-20)28(33)37-19-21-4-2-1-3-5-21/h1-9,20,22-24,27H,10-19H2/t22-,23+,24-. The van der Waals surface area contributed by atoms with Gasteiger partial charge in [-0.1, -0.05) is 30.3 Å². The van der Waals surface area contributed by atoms with Gasteiger partial charge in [-0.25, -0.2) is 13.2 Å². The summed E-state index contributed by atoms with van der Waals surface area (Å²) in [6, 6.07) is 14.6. The Morgan fingerprint density at radius 3 is 2.26 bits per heavy atom. The normalized spacial score (nSPS) is 24.0. The summed E-state index contributed by atoms with van der Waals surface area (Å²) in [7, 11) is -3.77. The Labute approximate surface area is 227 Å². The van der Waals surface area contributed by atoms with E-state index >= 15 is 0 Å². The first kappa shape index (κ1) is 27.8. The number of halogens is 2. The van der Waals surface area contributed by atoms with Crippen molar-refractivity contribution in [2.24, 2.45) is 17.8 Å². The van der Waals surface area contributed by atoms with E-state index in [0.717, 1.165) is 18.4 Å². The van der Waals surface area contributed by atoms with E-state index in [1.165, 1.54) is 28.6 Å². The highest BCUT2D eigenvalue weighted by molar-refractivity contribution is 7.89. The molecule has 3 aliphatic rings. The van der Waals surface area contributed by atoms with Gasteiger partial charge < -0.3 is 19.1 Å². The molecule has 2 aliphatic heterocycles. The van der Waals surface area contributed by atoms with Crippen molar-refractivity contribution in [2.45, 2.75) is 49.8 Å². The largest absolute Gasteiger partial charge is 0.445 e. The summed E-state index contributed by atoms with van der Waals surface area (Å²) in [6.45, 7) is -0.0518. The third kappa shape index (κ3) is 6.70. The molecule has 39 heavy (non-hydrogen) atoms. The van der Waals surface area contributed by atoms with E-state index in [4.69, 9.17) is 9.47 Å². The molecule has 2 aromatic carbocycles. The van der Waals surface area contributed by atoms with Crippen LogP contribution in [-0.4, -0.2) is 69.2 Å². The average molecular weight is 565 g/mol. The number of fused-ring (bicyclic) bond motifs is 1. The summed E-state index contributed by atoms with van der Waals surface area (Å²) in [5.74, 6) is 0.516. The summed E-state index contributed by atoms with van der Waals surface area (Å²) in [6.07, 6.45) is 2.89. The Bertz CT molecular complexity index is 1190. The first-order chi connectivity index (χ1) is 18.8. The molecule has 11 heteroatoms. The second-order valence-electron chi connectivity index (χ2n) is 10.6. The van der Waals surface area contributed by atoms with Gasteiger partial charge in [0, 0.05) is 38.9 Å². The number of sulfonamides is 1. The average Bonchev–Trinajstić information content (AvgIpc) is 3.52. The molecule has 3 fully saturated rings. The molecule has 0 spiro atoms. The third-order valence-electron chi connectivity index (χ3n) is 8.06. The number of hydrogen-bond acceptors (Lipinski definition) is 6. The van der Waals surface area contributed by atoms with Gasteiger partial charge >= 0.3 is 12.7 Å². The predicted molar refractivity (Wildman–Crippen MR) is 139 cm³/mol. The van der Waals surface area contributed by atoms with Crippen molar-refractivity contribution in [1.82, 2.24) is 9.21 Å². The van der Waals surface area contributed by atoms with E-state index < -0.39 is 16.6 Å². The molecule has 0 bridgehead atoms. The fourth-order valence-corrected chi connectivity index (χ4v) is 7.55. The van der Waals surface area contributed by atoms with Crippen LogP contribution in [0, 0.1) is 17.8 Å². The van der Waals surface area contributed by atoms with E-state index in [1.54, 1.807) is 0 Å². The summed E-state index contributed by atoms with van der Waals surface area (Å²) in [5, 5.41) is 0. The minimum atomic E-state index is -3.77.